The van der Waals surface area contributed by atoms with Crippen LogP contribution in [0.25, 0.3) is 0 Å². The molecule has 2 aromatic rings. The fraction of sp³-hybridized carbons (Fsp3) is 0.519. The van der Waals surface area contributed by atoms with Crippen molar-refractivity contribution in [3.05, 3.63) is 68.1 Å². The molecule has 4 rings (SSSR count). The number of ether oxygens (including phenoxy) is 1. The third kappa shape index (κ3) is 6.06. The Kier molecular flexibility index (Phi) is 7.72. The number of rotatable bonds is 5. The smallest absolute Gasteiger partial charge is 0.410 e. The first-order valence-corrected chi connectivity index (χ1v) is 13.1. The highest BCUT2D eigenvalue weighted by Crippen LogP contribution is 2.38. The number of carbonyl (C=O) groups is 2. The molecule has 2 amide bonds. The number of carbonyl (C=O) groups excluding carboxylic acids is 2. The van der Waals surface area contributed by atoms with Crippen molar-refractivity contribution in [3.8, 4) is 0 Å². The van der Waals surface area contributed by atoms with Crippen LogP contribution < -0.4 is 5.56 Å². The van der Waals surface area contributed by atoms with Crippen molar-refractivity contribution in [2.24, 2.45) is 13.0 Å². The first-order valence-electron chi connectivity index (χ1n) is 12.3. The molecule has 2 aliphatic rings. The van der Waals surface area contributed by atoms with Crippen LogP contribution in [0.3, 0.4) is 0 Å². The standard InChI is InChI=1S/C27H33Cl2N3O4/c1-27(2,3)36-26(35)31-13-11-20(17-10-12-30(4)23(33)14-17)21(16-31)25(34)32(19-8-9-19)15-18-6-5-7-22(28)24(18)29/h5-7,10,12,14,19-21H,8-9,11,13,15-16H2,1-4H3/t20-,21+/m0/s1. The number of benzene rings is 1. The Labute approximate surface area is 221 Å². The molecule has 0 radical (unpaired) electrons. The van der Waals surface area contributed by atoms with Gasteiger partial charge in [0.2, 0.25) is 5.91 Å². The summed E-state index contributed by atoms with van der Waals surface area (Å²) < 4.78 is 7.11. The van der Waals surface area contributed by atoms with E-state index in [9.17, 15) is 14.4 Å². The van der Waals surface area contributed by atoms with Crippen molar-refractivity contribution in [1.82, 2.24) is 14.4 Å². The van der Waals surface area contributed by atoms with E-state index in [0.29, 0.717) is 29.6 Å². The molecule has 0 N–H and O–H groups in total. The maximum atomic E-state index is 14.2. The zero-order valence-electron chi connectivity index (χ0n) is 21.2. The normalized spacial score (nSPS) is 20.2. The summed E-state index contributed by atoms with van der Waals surface area (Å²) in [7, 11) is 1.70. The summed E-state index contributed by atoms with van der Waals surface area (Å²) >= 11 is 12.7. The van der Waals surface area contributed by atoms with Gasteiger partial charge in [-0.25, -0.2) is 4.79 Å². The summed E-state index contributed by atoms with van der Waals surface area (Å²) in [4.78, 5) is 43.0. The van der Waals surface area contributed by atoms with E-state index < -0.39 is 17.6 Å². The predicted octanol–water partition coefficient (Wildman–Crippen LogP) is 5.22. The average Bonchev–Trinajstić information content (AvgIpc) is 3.65. The van der Waals surface area contributed by atoms with E-state index in [4.69, 9.17) is 27.9 Å². The number of aryl methyl sites for hydroxylation is 1. The first-order chi connectivity index (χ1) is 16.9. The Morgan fingerprint density at radius 2 is 1.86 bits per heavy atom. The first kappa shape index (κ1) is 26.6. The predicted molar refractivity (Wildman–Crippen MR) is 140 cm³/mol. The molecule has 1 aromatic carbocycles. The van der Waals surface area contributed by atoms with Crippen molar-refractivity contribution in [3.63, 3.8) is 0 Å². The van der Waals surface area contributed by atoms with E-state index in [-0.39, 0.29) is 30.0 Å². The molecule has 2 atom stereocenters. The van der Waals surface area contributed by atoms with Crippen LogP contribution in [0, 0.1) is 5.92 Å². The van der Waals surface area contributed by atoms with Crippen LogP contribution in [0.1, 0.15) is 57.1 Å². The van der Waals surface area contributed by atoms with Crippen molar-refractivity contribution in [2.75, 3.05) is 13.1 Å². The van der Waals surface area contributed by atoms with Gasteiger partial charge in [0.05, 0.1) is 16.0 Å². The van der Waals surface area contributed by atoms with Gasteiger partial charge < -0.3 is 19.1 Å². The Morgan fingerprint density at radius 3 is 2.50 bits per heavy atom. The summed E-state index contributed by atoms with van der Waals surface area (Å²) in [6.45, 7) is 6.48. The van der Waals surface area contributed by atoms with Gasteiger partial charge in [0, 0.05) is 45.0 Å². The topological polar surface area (TPSA) is 71.8 Å². The molecule has 7 nitrogen and oxygen atoms in total. The molecule has 0 bridgehead atoms. The van der Waals surface area contributed by atoms with Gasteiger partial charge in [-0.2, -0.15) is 0 Å². The molecule has 1 aliphatic carbocycles. The molecular formula is C27H33Cl2N3O4. The van der Waals surface area contributed by atoms with E-state index in [1.807, 2.05) is 43.9 Å². The van der Waals surface area contributed by atoms with E-state index in [1.165, 1.54) is 4.57 Å². The molecule has 1 saturated heterocycles. The molecule has 0 unspecified atom stereocenters. The minimum atomic E-state index is -0.636. The molecule has 194 valence electrons. The molecule has 2 fully saturated rings. The number of halogens is 2. The van der Waals surface area contributed by atoms with E-state index in [0.717, 1.165) is 24.0 Å². The molecule has 1 aliphatic heterocycles. The number of nitrogens with zero attached hydrogens (tertiary/aromatic N) is 3. The van der Waals surface area contributed by atoms with Gasteiger partial charge in [-0.1, -0.05) is 35.3 Å². The summed E-state index contributed by atoms with van der Waals surface area (Å²) in [6.07, 6.45) is 3.69. The summed E-state index contributed by atoms with van der Waals surface area (Å²) in [5, 5.41) is 0.892. The van der Waals surface area contributed by atoms with Gasteiger partial charge in [-0.05, 0) is 69.2 Å². The van der Waals surface area contributed by atoms with Crippen molar-refractivity contribution in [2.45, 2.75) is 64.1 Å². The van der Waals surface area contributed by atoms with Crippen LogP contribution in [0.2, 0.25) is 10.0 Å². The van der Waals surface area contributed by atoms with Crippen LogP contribution in [0.15, 0.2) is 41.3 Å². The van der Waals surface area contributed by atoms with Gasteiger partial charge in [-0.15, -0.1) is 0 Å². The summed E-state index contributed by atoms with van der Waals surface area (Å²) in [6, 6.07) is 9.04. The number of likely N-dealkylation sites (tertiary alicyclic amines) is 1. The second-order valence-electron chi connectivity index (χ2n) is 10.7. The highest BCUT2D eigenvalue weighted by molar-refractivity contribution is 6.42. The maximum Gasteiger partial charge on any atom is 0.410 e. The fourth-order valence-electron chi connectivity index (χ4n) is 4.73. The number of piperidine rings is 1. The number of hydrogen-bond donors (Lipinski definition) is 0. The molecule has 36 heavy (non-hydrogen) atoms. The van der Waals surface area contributed by atoms with Gasteiger partial charge in [0.15, 0.2) is 0 Å². The molecule has 1 saturated carbocycles. The van der Waals surface area contributed by atoms with Crippen molar-refractivity contribution >= 4 is 35.2 Å². The zero-order valence-corrected chi connectivity index (χ0v) is 22.7. The lowest BCUT2D eigenvalue weighted by molar-refractivity contribution is -0.139. The Balaban J connectivity index is 1.65. The van der Waals surface area contributed by atoms with E-state index in [1.54, 1.807) is 30.3 Å². The molecule has 0 spiro atoms. The number of amides is 2. The fourth-order valence-corrected chi connectivity index (χ4v) is 5.11. The summed E-state index contributed by atoms with van der Waals surface area (Å²) in [5.74, 6) is -0.759. The monoisotopic (exact) mass is 533 g/mol. The van der Waals surface area contributed by atoms with Crippen molar-refractivity contribution < 1.29 is 14.3 Å². The van der Waals surface area contributed by atoms with Gasteiger partial charge in [0.1, 0.15) is 5.60 Å². The lowest BCUT2D eigenvalue weighted by Crippen LogP contribution is -2.51. The molecule has 1 aromatic heterocycles. The van der Waals surface area contributed by atoms with Gasteiger partial charge in [-0.3, -0.25) is 9.59 Å². The highest BCUT2D eigenvalue weighted by atomic mass is 35.5. The Morgan fingerprint density at radius 1 is 1.14 bits per heavy atom. The van der Waals surface area contributed by atoms with Crippen molar-refractivity contribution in [1.29, 1.82) is 0 Å². The Bertz CT molecular complexity index is 1200. The number of hydrogen-bond acceptors (Lipinski definition) is 4. The lowest BCUT2D eigenvalue weighted by atomic mass is 9.79. The summed E-state index contributed by atoms with van der Waals surface area (Å²) in [5.41, 5.74) is 0.840. The zero-order chi connectivity index (χ0) is 26.2. The highest BCUT2D eigenvalue weighted by Gasteiger charge is 2.43. The molecule has 9 heteroatoms. The number of pyridine rings is 1. The minimum absolute atomic E-state index is 0.0486. The quantitative estimate of drug-likeness (QED) is 0.527. The van der Waals surface area contributed by atoms with Gasteiger partial charge in [0.25, 0.3) is 5.56 Å². The minimum Gasteiger partial charge on any atom is -0.444 e. The van der Waals surface area contributed by atoms with Crippen LogP contribution >= 0.6 is 23.2 Å². The Hall–Kier alpha value is -2.51. The SMILES string of the molecule is Cn1ccc([C@@H]2CCN(C(=O)OC(C)(C)C)C[C@H]2C(=O)N(Cc2cccc(Cl)c2Cl)C2CC2)cc1=O. The van der Waals surface area contributed by atoms with Gasteiger partial charge >= 0.3 is 6.09 Å². The second kappa shape index (κ2) is 10.5. The molecule has 2 heterocycles. The third-order valence-corrected chi connectivity index (χ3v) is 7.64. The average molecular weight is 534 g/mol. The van der Waals surface area contributed by atoms with Crippen LogP contribution in [0.5, 0.6) is 0 Å². The van der Waals surface area contributed by atoms with Crippen LogP contribution in [-0.2, 0) is 23.1 Å². The maximum absolute atomic E-state index is 14.2. The second-order valence-corrected chi connectivity index (χ2v) is 11.5. The van der Waals surface area contributed by atoms with E-state index >= 15 is 0 Å². The van der Waals surface area contributed by atoms with E-state index in [2.05, 4.69) is 0 Å². The third-order valence-electron chi connectivity index (χ3n) is 6.78. The molecular weight excluding hydrogens is 501 g/mol. The van der Waals surface area contributed by atoms with Crippen LogP contribution in [-0.4, -0.2) is 51.1 Å². The largest absolute Gasteiger partial charge is 0.444 e. The number of aromatic nitrogens is 1. The van der Waals surface area contributed by atoms with Crippen LogP contribution in [0.4, 0.5) is 4.79 Å². The lowest BCUT2D eigenvalue weighted by Gasteiger charge is -2.40.